The third kappa shape index (κ3) is 2.67. The normalized spacial score (nSPS) is 10.8. The Morgan fingerprint density at radius 3 is 2.88 bits per heavy atom. The molecule has 1 nitrogen and oxygen atoms in total. The maximum Gasteiger partial charge on any atom is 0.185 e. The summed E-state index contributed by atoms with van der Waals surface area (Å²) in [6.07, 6.45) is 3.47. The van der Waals surface area contributed by atoms with Crippen LogP contribution in [0.4, 0.5) is 0 Å². The Hall–Kier alpha value is -1.67. The molecular formula is C14H12OS. The summed E-state index contributed by atoms with van der Waals surface area (Å²) in [5, 5.41) is 4.01. The summed E-state index contributed by atoms with van der Waals surface area (Å²) in [4.78, 5) is 11.8. The van der Waals surface area contributed by atoms with Crippen LogP contribution in [0.2, 0.25) is 0 Å². The van der Waals surface area contributed by atoms with Crippen molar-refractivity contribution in [1.29, 1.82) is 0 Å². The third-order valence-electron chi connectivity index (χ3n) is 2.27. The molecule has 1 aromatic heterocycles. The van der Waals surface area contributed by atoms with Gasteiger partial charge in [-0.2, -0.15) is 11.3 Å². The molecule has 0 saturated heterocycles. The molecule has 16 heavy (non-hydrogen) atoms. The highest BCUT2D eigenvalue weighted by Crippen LogP contribution is 2.10. The van der Waals surface area contributed by atoms with Gasteiger partial charge in [0.2, 0.25) is 0 Å². The van der Waals surface area contributed by atoms with Gasteiger partial charge in [0.1, 0.15) is 0 Å². The van der Waals surface area contributed by atoms with Crippen molar-refractivity contribution < 1.29 is 4.79 Å². The molecule has 0 spiro atoms. The first-order chi connectivity index (χ1) is 7.75. The highest BCUT2D eigenvalue weighted by atomic mass is 32.1. The van der Waals surface area contributed by atoms with Gasteiger partial charge in [-0.3, -0.25) is 4.79 Å². The van der Waals surface area contributed by atoms with Gasteiger partial charge >= 0.3 is 0 Å². The minimum absolute atomic E-state index is 0.0508. The quantitative estimate of drug-likeness (QED) is 0.574. The molecule has 2 aromatic rings. The Kier molecular flexibility index (Phi) is 3.32. The topological polar surface area (TPSA) is 17.1 Å². The van der Waals surface area contributed by atoms with E-state index in [0.29, 0.717) is 0 Å². The monoisotopic (exact) mass is 228 g/mol. The first-order valence-corrected chi connectivity index (χ1v) is 6.01. The number of carbonyl (C=O) groups excluding carboxylic acids is 1. The van der Waals surface area contributed by atoms with Crippen LogP contribution in [-0.4, -0.2) is 5.78 Å². The Labute approximate surface area is 99.1 Å². The van der Waals surface area contributed by atoms with Crippen molar-refractivity contribution in [2.45, 2.75) is 6.92 Å². The molecular weight excluding hydrogens is 216 g/mol. The predicted octanol–water partition coefficient (Wildman–Crippen LogP) is 3.95. The van der Waals surface area contributed by atoms with E-state index < -0.39 is 0 Å². The fourth-order valence-electron chi connectivity index (χ4n) is 1.44. The molecule has 0 atom stereocenters. The number of carbonyl (C=O) groups is 1. The standard InChI is InChI=1S/C14H12OS/c1-11-3-2-4-13(9-11)14(15)6-5-12-7-8-16-10-12/h2-10H,1H3/b6-5+. The number of thiophene rings is 1. The predicted molar refractivity (Wildman–Crippen MR) is 68.9 cm³/mol. The van der Waals surface area contributed by atoms with Gasteiger partial charge in [-0.05, 0) is 41.5 Å². The number of hydrogen-bond donors (Lipinski definition) is 0. The van der Waals surface area contributed by atoms with Gasteiger partial charge in [0, 0.05) is 5.56 Å². The lowest BCUT2D eigenvalue weighted by Crippen LogP contribution is -1.93. The smallest absolute Gasteiger partial charge is 0.185 e. The molecule has 0 unspecified atom stereocenters. The van der Waals surface area contributed by atoms with E-state index >= 15 is 0 Å². The molecule has 0 fully saturated rings. The molecule has 0 amide bonds. The number of allylic oxidation sites excluding steroid dienone is 1. The summed E-state index contributed by atoms with van der Waals surface area (Å²) in [5.74, 6) is 0.0508. The highest BCUT2D eigenvalue weighted by Gasteiger charge is 2.00. The number of rotatable bonds is 3. The van der Waals surface area contributed by atoms with Crippen LogP contribution in [0.5, 0.6) is 0 Å². The van der Waals surface area contributed by atoms with Crippen LogP contribution in [0, 0.1) is 6.92 Å². The molecule has 0 aliphatic heterocycles. The molecule has 1 heterocycles. The fourth-order valence-corrected chi connectivity index (χ4v) is 2.06. The van der Waals surface area contributed by atoms with Gasteiger partial charge in [-0.1, -0.05) is 29.8 Å². The Morgan fingerprint density at radius 2 is 2.19 bits per heavy atom. The zero-order valence-electron chi connectivity index (χ0n) is 9.01. The Bertz CT molecular complexity index is 509. The van der Waals surface area contributed by atoms with Gasteiger partial charge in [-0.15, -0.1) is 0 Å². The van der Waals surface area contributed by atoms with Crippen molar-refractivity contribution in [2.75, 3.05) is 0 Å². The van der Waals surface area contributed by atoms with E-state index in [0.717, 1.165) is 16.7 Å². The molecule has 80 valence electrons. The van der Waals surface area contributed by atoms with Crippen LogP contribution in [0.25, 0.3) is 6.08 Å². The van der Waals surface area contributed by atoms with Crippen molar-refractivity contribution in [2.24, 2.45) is 0 Å². The molecule has 1 aromatic carbocycles. The van der Waals surface area contributed by atoms with Gasteiger partial charge in [-0.25, -0.2) is 0 Å². The first kappa shape index (κ1) is 10.8. The minimum Gasteiger partial charge on any atom is -0.289 e. The zero-order chi connectivity index (χ0) is 11.4. The first-order valence-electron chi connectivity index (χ1n) is 5.07. The van der Waals surface area contributed by atoms with Crippen molar-refractivity contribution >= 4 is 23.2 Å². The Balaban J connectivity index is 2.15. The molecule has 0 N–H and O–H groups in total. The Morgan fingerprint density at radius 1 is 1.31 bits per heavy atom. The zero-order valence-corrected chi connectivity index (χ0v) is 9.83. The van der Waals surface area contributed by atoms with Gasteiger partial charge in [0.25, 0.3) is 0 Å². The van der Waals surface area contributed by atoms with E-state index in [9.17, 15) is 4.79 Å². The summed E-state index contributed by atoms with van der Waals surface area (Å²) < 4.78 is 0. The van der Waals surface area contributed by atoms with Gasteiger partial charge in [0.05, 0.1) is 0 Å². The summed E-state index contributed by atoms with van der Waals surface area (Å²) in [7, 11) is 0. The second kappa shape index (κ2) is 4.90. The minimum atomic E-state index is 0.0508. The lowest BCUT2D eigenvalue weighted by atomic mass is 10.1. The summed E-state index contributed by atoms with van der Waals surface area (Å²) in [6.45, 7) is 1.99. The lowest BCUT2D eigenvalue weighted by molar-refractivity contribution is 0.104. The van der Waals surface area contributed by atoms with Crippen LogP contribution >= 0.6 is 11.3 Å². The summed E-state index contributed by atoms with van der Waals surface area (Å²) >= 11 is 1.63. The second-order valence-electron chi connectivity index (χ2n) is 3.62. The van der Waals surface area contributed by atoms with Crippen molar-refractivity contribution in [3.63, 3.8) is 0 Å². The third-order valence-corrected chi connectivity index (χ3v) is 2.97. The average molecular weight is 228 g/mol. The number of hydrogen-bond acceptors (Lipinski definition) is 2. The van der Waals surface area contributed by atoms with E-state index in [1.54, 1.807) is 17.4 Å². The van der Waals surface area contributed by atoms with Crippen LogP contribution < -0.4 is 0 Å². The maximum absolute atomic E-state index is 11.8. The summed E-state index contributed by atoms with van der Waals surface area (Å²) in [5.41, 5.74) is 2.92. The van der Waals surface area contributed by atoms with E-state index in [1.807, 2.05) is 54.1 Å². The van der Waals surface area contributed by atoms with Crippen LogP contribution in [-0.2, 0) is 0 Å². The van der Waals surface area contributed by atoms with Gasteiger partial charge in [0.15, 0.2) is 5.78 Å². The maximum atomic E-state index is 11.8. The van der Waals surface area contributed by atoms with E-state index in [1.165, 1.54) is 0 Å². The SMILES string of the molecule is Cc1cccc(C(=O)/C=C/c2ccsc2)c1. The van der Waals surface area contributed by atoms with Crippen LogP contribution in [0.1, 0.15) is 21.5 Å². The molecule has 2 heteroatoms. The van der Waals surface area contributed by atoms with E-state index in [2.05, 4.69) is 0 Å². The molecule has 0 aliphatic rings. The van der Waals surface area contributed by atoms with Crippen LogP contribution in [0.15, 0.2) is 47.2 Å². The largest absolute Gasteiger partial charge is 0.289 e. The average Bonchev–Trinajstić information content (AvgIpc) is 2.78. The lowest BCUT2D eigenvalue weighted by Gasteiger charge is -1.96. The van der Waals surface area contributed by atoms with Crippen molar-refractivity contribution in [3.8, 4) is 0 Å². The fraction of sp³-hybridized carbons (Fsp3) is 0.0714. The summed E-state index contributed by atoms with van der Waals surface area (Å²) in [6, 6.07) is 9.62. The van der Waals surface area contributed by atoms with Crippen molar-refractivity contribution in [3.05, 3.63) is 63.9 Å². The van der Waals surface area contributed by atoms with E-state index in [4.69, 9.17) is 0 Å². The highest BCUT2D eigenvalue weighted by molar-refractivity contribution is 7.08. The second-order valence-corrected chi connectivity index (χ2v) is 4.40. The molecule has 0 saturated carbocycles. The number of aryl methyl sites for hydroxylation is 1. The number of benzene rings is 1. The van der Waals surface area contributed by atoms with Gasteiger partial charge < -0.3 is 0 Å². The number of ketones is 1. The van der Waals surface area contributed by atoms with E-state index in [-0.39, 0.29) is 5.78 Å². The molecule has 0 aliphatic carbocycles. The molecule has 0 bridgehead atoms. The molecule has 0 radical (unpaired) electrons. The van der Waals surface area contributed by atoms with Crippen LogP contribution in [0.3, 0.4) is 0 Å². The van der Waals surface area contributed by atoms with Crippen molar-refractivity contribution in [1.82, 2.24) is 0 Å². The molecule has 2 rings (SSSR count).